The van der Waals surface area contributed by atoms with Gasteiger partial charge in [-0.25, -0.2) is 9.36 Å². The number of rotatable bonds is 6. The van der Waals surface area contributed by atoms with Gasteiger partial charge < -0.3 is 0 Å². The highest BCUT2D eigenvalue weighted by molar-refractivity contribution is 7.09. The topological polar surface area (TPSA) is 119 Å². The summed E-state index contributed by atoms with van der Waals surface area (Å²) < 4.78 is 3.07. The lowest BCUT2D eigenvalue weighted by molar-refractivity contribution is 0.706. The van der Waals surface area contributed by atoms with Crippen LogP contribution in [0.25, 0.3) is 0 Å². The molecule has 0 atom stereocenters. The molecule has 12 heteroatoms. The molecule has 0 aliphatic carbocycles. The molecule has 0 aliphatic rings. The van der Waals surface area contributed by atoms with Crippen LogP contribution in [0.4, 0.5) is 0 Å². The van der Waals surface area contributed by atoms with E-state index in [0.717, 1.165) is 21.1 Å². The molecule has 10 nitrogen and oxygen atoms in total. The van der Waals surface area contributed by atoms with Crippen LogP contribution >= 0.6 is 22.7 Å². The first-order chi connectivity index (χ1) is 12.6. The Balaban J connectivity index is 1.72. The molecule has 26 heavy (non-hydrogen) atoms. The number of hydrogen-bond acceptors (Lipinski definition) is 8. The minimum atomic E-state index is 0.467. The van der Waals surface area contributed by atoms with Gasteiger partial charge >= 0.3 is 0 Å². The van der Waals surface area contributed by atoms with Crippen LogP contribution in [0.5, 0.6) is 0 Å². The van der Waals surface area contributed by atoms with Crippen molar-refractivity contribution in [1.82, 2.24) is 19.6 Å². The zero-order valence-corrected chi connectivity index (χ0v) is 15.6. The Kier molecular flexibility index (Phi) is 5.53. The van der Waals surface area contributed by atoms with Crippen LogP contribution < -0.4 is 9.60 Å². The van der Waals surface area contributed by atoms with E-state index in [1.54, 1.807) is 14.1 Å². The molecular formula is C14H14N8O2S2. The first-order valence-electron chi connectivity index (χ1n) is 7.45. The molecule has 1 aromatic carbocycles. The maximum atomic E-state index is 10.3. The average molecular weight is 390 g/mol. The van der Waals surface area contributed by atoms with Gasteiger partial charge in [0, 0.05) is 26.9 Å². The SMILES string of the molecule is Cn1nc(Cc2ccc(Cc3nn(C)/c(=N\N=O)s3)cc2)s/c1=N\N=O. The van der Waals surface area contributed by atoms with Crippen molar-refractivity contribution in [3.63, 3.8) is 0 Å². The Bertz CT molecular complexity index is 973. The molecule has 0 fully saturated rings. The van der Waals surface area contributed by atoms with Crippen molar-refractivity contribution >= 4 is 22.7 Å². The van der Waals surface area contributed by atoms with E-state index in [1.165, 1.54) is 32.0 Å². The summed E-state index contributed by atoms with van der Waals surface area (Å²) in [5.41, 5.74) is 2.19. The minimum absolute atomic E-state index is 0.467. The third kappa shape index (κ3) is 4.21. The quantitative estimate of drug-likeness (QED) is 0.469. The molecule has 0 radical (unpaired) electrons. The molecule has 0 amide bonds. The van der Waals surface area contributed by atoms with Gasteiger partial charge in [0.15, 0.2) is 0 Å². The Morgan fingerprint density at radius 2 is 1.19 bits per heavy atom. The number of aryl methyl sites for hydroxylation is 2. The fraction of sp³-hybridized carbons (Fsp3) is 0.286. The van der Waals surface area contributed by atoms with Crippen LogP contribution in [-0.4, -0.2) is 19.6 Å². The van der Waals surface area contributed by atoms with Crippen molar-refractivity contribution in [3.8, 4) is 0 Å². The van der Waals surface area contributed by atoms with E-state index in [0.29, 0.717) is 22.4 Å². The van der Waals surface area contributed by atoms with E-state index in [-0.39, 0.29) is 0 Å². The minimum Gasteiger partial charge on any atom is -0.240 e. The maximum absolute atomic E-state index is 10.3. The van der Waals surface area contributed by atoms with Gasteiger partial charge in [0.2, 0.25) is 9.60 Å². The molecule has 0 bridgehead atoms. The van der Waals surface area contributed by atoms with Gasteiger partial charge in [-0.3, -0.25) is 0 Å². The number of benzene rings is 1. The first kappa shape index (κ1) is 17.9. The lowest BCUT2D eigenvalue weighted by Gasteiger charge is -2.01. The summed E-state index contributed by atoms with van der Waals surface area (Å²) in [5.74, 6) is 0. The molecule has 2 heterocycles. The highest BCUT2D eigenvalue weighted by atomic mass is 32.1. The van der Waals surface area contributed by atoms with Crippen molar-refractivity contribution in [2.75, 3.05) is 0 Å². The standard InChI is InChI=1S/C14H14N8O2S2/c1-21-13(15-19-23)25-11(17-21)7-9-3-5-10(6-4-9)8-12-18-22(2)14(26-12)16-20-24/h3-6H,7-8H2,1-2H3/b15-13-,16-14+. The second-order valence-electron chi connectivity index (χ2n) is 5.34. The molecule has 3 rings (SSSR count). The molecule has 0 N–H and O–H groups in total. The molecule has 0 unspecified atom stereocenters. The van der Waals surface area contributed by atoms with Gasteiger partial charge in [0.1, 0.15) is 10.0 Å². The van der Waals surface area contributed by atoms with Crippen LogP contribution in [0.15, 0.2) is 45.0 Å². The molecule has 3 aromatic rings. The molecule has 134 valence electrons. The lowest BCUT2D eigenvalue weighted by atomic mass is 10.1. The van der Waals surface area contributed by atoms with E-state index in [2.05, 4.69) is 31.0 Å². The van der Waals surface area contributed by atoms with Gasteiger partial charge in [0.05, 0.1) is 10.6 Å². The summed E-state index contributed by atoms with van der Waals surface area (Å²) in [4.78, 5) is 21.4. The third-order valence-electron chi connectivity index (χ3n) is 3.48. The molecule has 0 spiro atoms. The predicted octanol–water partition coefficient (Wildman–Crippen LogP) is 1.62. The second-order valence-corrected chi connectivity index (χ2v) is 7.42. The fourth-order valence-electron chi connectivity index (χ4n) is 2.31. The summed E-state index contributed by atoms with van der Waals surface area (Å²) in [7, 11) is 3.45. The van der Waals surface area contributed by atoms with Crippen molar-refractivity contribution in [1.29, 1.82) is 0 Å². The Labute approximate surface area is 155 Å². The maximum Gasteiger partial charge on any atom is 0.231 e. The molecular weight excluding hydrogens is 376 g/mol. The first-order valence-corrected chi connectivity index (χ1v) is 9.09. The smallest absolute Gasteiger partial charge is 0.231 e. The van der Waals surface area contributed by atoms with E-state index >= 15 is 0 Å². The highest BCUT2D eigenvalue weighted by Gasteiger charge is 2.06. The normalized spacial score (nSPS) is 12.5. The Morgan fingerprint density at radius 1 is 0.808 bits per heavy atom. The second kappa shape index (κ2) is 8.01. The van der Waals surface area contributed by atoms with Crippen molar-refractivity contribution in [3.05, 3.63) is 64.8 Å². The van der Waals surface area contributed by atoms with E-state index < -0.39 is 0 Å². The largest absolute Gasteiger partial charge is 0.240 e. The van der Waals surface area contributed by atoms with Gasteiger partial charge in [-0.1, -0.05) is 57.1 Å². The van der Waals surface area contributed by atoms with Crippen LogP contribution in [0.2, 0.25) is 0 Å². The monoisotopic (exact) mass is 390 g/mol. The zero-order valence-electron chi connectivity index (χ0n) is 13.9. The van der Waals surface area contributed by atoms with E-state index in [1.807, 2.05) is 24.3 Å². The van der Waals surface area contributed by atoms with E-state index in [9.17, 15) is 9.81 Å². The van der Waals surface area contributed by atoms with Gasteiger partial charge in [-0.05, 0) is 11.1 Å². The van der Waals surface area contributed by atoms with Gasteiger partial charge in [0.25, 0.3) is 0 Å². The molecule has 0 aliphatic heterocycles. The fourth-order valence-corrected chi connectivity index (χ4v) is 4.03. The average Bonchev–Trinajstić information content (AvgIpc) is 3.13. The third-order valence-corrected chi connectivity index (χ3v) is 5.46. The van der Waals surface area contributed by atoms with Crippen LogP contribution in [-0.2, 0) is 26.9 Å². The van der Waals surface area contributed by atoms with Gasteiger partial charge in [-0.2, -0.15) is 10.2 Å². The molecule has 2 aromatic heterocycles. The number of nitrogens with zero attached hydrogens (tertiary/aromatic N) is 8. The Morgan fingerprint density at radius 3 is 1.54 bits per heavy atom. The number of nitroso groups, excluding NO2 is 2. The molecule has 0 saturated carbocycles. The summed E-state index contributed by atoms with van der Waals surface area (Å²) >= 11 is 2.66. The Hall–Kier alpha value is -2.86. The summed E-state index contributed by atoms with van der Waals surface area (Å²) in [6, 6.07) is 8.10. The summed E-state index contributed by atoms with van der Waals surface area (Å²) in [6.07, 6.45) is 1.29. The number of aromatic nitrogens is 4. The van der Waals surface area contributed by atoms with Crippen molar-refractivity contribution in [2.45, 2.75) is 12.8 Å². The predicted molar refractivity (Wildman–Crippen MR) is 96.9 cm³/mol. The van der Waals surface area contributed by atoms with E-state index in [4.69, 9.17) is 0 Å². The van der Waals surface area contributed by atoms with Crippen LogP contribution in [0, 0.1) is 9.81 Å². The van der Waals surface area contributed by atoms with Gasteiger partial charge in [-0.15, -0.1) is 9.81 Å². The summed E-state index contributed by atoms with van der Waals surface area (Å²) in [6.45, 7) is 0. The summed E-state index contributed by atoms with van der Waals surface area (Å²) in [5, 5.41) is 22.5. The number of hydrogen-bond donors (Lipinski definition) is 0. The van der Waals surface area contributed by atoms with Crippen molar-refractivity contribution in [2.24, 2.45) is 34.9 Å². The van der Waals surface area contributed by atoms with Crippen LogP contribution in [0.1, 0.15) is 21.1 Å². The lowest BCUT2D eigenvalue weighted by Crippen LogP contribution is -2.10. The highest BCUT2D eigenvalue weighted by Crippen LogP contribution is 2.14. The van der Waals surface area contributed by atoms with Crippen LogP contribution in [0.3, 0.4) is 0 Å². The van der Waals surface area contributed by atoms with Crippen molar-refractivity contribution < 1.29 is 0 Å². The zero-order chi connectivity index (χ0) is 18.5. The molecule has 0 saturated heterocycles.